The summed E-state index contributed by atoms with van der Waals surface area (Å²) < 4.78 is 28.8. The van der Waals surface area contributed by atoms with Crippen LogP contribution in [0.15, 0.2) is 54.8 Å². The number of anilines is 1. The molecule has 0 unspecified atom stereocenters. The predicted molar refractivity (Wildman–Crippen MR) is 116 cm³/mol. The molecule has 0 bridgehead atoms. The van der Waals surface area contributed by atoms with E-state index in [0.29, 0.717) is 11.3 Å². The molecule has 0 saturated heterocycles. The van der Waals surface area contributed by atoms with Gasteiger partial charge in [0.25, 0.3) is 0 Å². The summed E-state index contributed by atoms with van der Waals surface area (Å²) >= 11 is 0. The van der Waals surface area contributed by atoms with Gasteiger partial charge in [-0.2, -0.15) is 5.26 Å². The van der Waals surface area contributed by atoms with Crippen molar-refractivity contribution in [3.8, 4) is 17.3 Å². The average Bonchev–Trinajstić information content (AvgIpc) is 2.94. The third-order valence-corrected chi connectivity index (χ3v) is 6.65. The largest absolute Gasteiger partial charge is 0.293 e. The van der Waals surface area contributed by atoms with Crippen LogP contribution in [0.5, 0.6) is 0 Å². The summed E-state index contributed by atoms with van der Waals surface area (Å²) in [7, 11) is -3.42. The van der Waals surface area contributed by atoms with Gasteiger partial charge in [-0.15, -0.1) is 0 Å². The summed E-state index contributed by atoms with van der Waals surface area (Å²) in [5, 5.41) is 10.2. The SMILES string of the molecule is Cc1cnc2c(c1)c(C#N)c(-c1ccc(NS(=O)(=O)C(C)C)cc1)n2C1=CC=C1. The van der Waals surface area contributed by atoms with Crippen molar-refractivity contribution in [1.29, 1.82) is 5.26 Å². The van der Waals surface area contributed by atoms with Gasteiger partial charge in [0.05, 0.1) is 16.5 Å². The zero-order chi connectivity index (χ0) is 20.8. The molecule has 1 aliphatic rings. The Labute approximate surface area is 169 Å². The third-order valence-electron chi connectivity index (χ3n) is 4.89. The molecule has 2 aromatic heterocycles. The number of sulfonamides is 1. The number of hydrogen-bond donors (Lipinski definition) is 1. The van der Waals surface area contributed by atoms with Gasteiger partial charge in [-0.1, -0.05) is 18.2 Å². The number of aromatic nitrogens is 2. The zero-order valence-corrected chi connectivity index (χ0v) is 17.2. The summed E-state index contributed by atoms with van der Waals surface area (Å²) in [6.45, 7) is 5.20. The van der Waals surface area contributed by atoms with Crippen molar-refractivity contribution in [2.24, 2.45) is 0 Å². The fourth-order valence-electron chi connectivity index (χ4n) is 3.22. The van der Waals surface area contributed by atoms with E-state index in [-0.39, 0.29) is 0 Å². The lowest BCUT2D eigenvalue weighted by atomic mass is 10.1. The standard InChI is InChI=1S/C22H20N4O2S/c1-14(2)29(27,28)25-17-9-7-16(8-10-17)21-20(12-23)19-11-15(3)13-24-22(19)26(21)18-5-4-6-18/h4-11,13-14,25H,1-3H3. The number of benzene rings is 1. The minimum atomic E-state index is -3.42. The molecule has 6 nitrogen and oxygen atoms in total. The number of nitriles is 1. The van der Waals surface area contributed by atoms with Gasteiger partial charge in [0.2, 0.25) is 10.0 Å². The van der Waals surface area contributed by atoms with E-state index < -0.39 is 15.3 Å². The van der Waals surface area contributed by atoms with Crippen LogP contribution in [0.3, 0.4) is 0 Å². The van der Waals surface area contributed by atoms with E-state index >= 15 is 0 Å². The van der Waals surface area contributed by atoms with E-state index in [9.17, 15) is 13.7 Å². The monoisotopic (exact) mass is 404 g/mol. The predicted octanol–water partition coefficient (Wildman–Crippen LogP) is 4.44. The summed E-state index contributed by atoms with van der Waals surface area (Å²) in [6.07, 6.45) is 7.67. The van der Waals surface area contributed by atoms with Gasteiger partial charge >= 0.3 is 0 Å². The molecule has 0 atom stereocenters. The molecule has 7 heteroatoms. The molecule has 0 aliphatic heterocycles. The van der Waals surface area contributed by atoms with Gasteiger partial charge in [0.15, 0.2) is 0 Å². The van der Waals surface area contributed by atoms with Gasteiger partial charge in [0.1, 0.15) is 11.7 Å². The summed E-state index contributed by atoms with van der Waals surface area (Å²) in [5.74, 6) is 0. The van der Waals surface area contributed by atoms with Crippen molar-refractivity contribution in [2.75, 3.05) is 4.72 Å². The lowest BCUT2D eigenvalue weighted by Gasteiger charge is -2.15. The molecule has 4 rings (SSSR count). The average molecular weight is 404 g/mol. The number of nitrogens with zero attached hydrogens (tertiary/aromatic N) is 3. The number of aryl methyl sites for hydroxylation is 1. The minimum Gasteiger partial charge on any atom is -0.293 e. The van der Waals surface area contributed by atoms with Crippen LogP contribution in [0, 0.1) is 18.3 Å². The number of pyridine rings is 1. The molecule has 0 saturated carbocycles. The molecule has 146 valence electrons. The van der Waals surface area contributed by atoms with E-state index in [4.69, 9.17) is 0 Å². The molecule has 3 aromatic rings. The molecular formula is C22H20N4O2S. The zero-order valence-electron chi connectivity index (χ0n) is 16.3. The fraction of sp³-hybridized carbons (Fsp3) is 0.182. The first-order chi connectivity index (χ1) is 13.8. The molecule has 0 amide bonds. The molecule has 1 N–H and O–H groups in total. The molecule has 0 spiro atoms. The van der Waals surface area contributed by atoms with Crippen LogP contribution in [0.4, 0.5) is 5.69 Å². The molecule has 29 heavy (non-hydrogen) atoms. The number of hydrogen-bond acceptors (Lipinski definition) is 4. The molecule has 1 aliphatic carbocycles. The molecule has 0 radical (unpaired) electrons. The van der Waals surface area contributed by atoms with Crippen LogP contribution >= 0.6 is 0 Å². The van der Waals surface area contributed by atoms with E-state index in [0.717, 1.165) is 33.6 Å². The summed E-state index contributed by atoms with van der Waals surface area (Å²) in [5.41, 5.74) is 5.25. The third kappa shape index (κ3) is 3.22. The lowest BCUT2D eigenvalue weighted by molar-refractivity contribution is 0.593. The van der Waals surface area contributed by atoms with Gasteiger partial charge in [-0.3, -0.25) is 9.29 Å². The number of fused-ring (bicyclic) bond motifs is 1. The van der Waals surface area contributed by atoms with E-state index in [1.807, 2.05) is 47.9 Å². The Balaban J connectivity index is 1.87. The lowest BCUT2D eigenvalue weighted by Crippen LogP contribution is -2.22. The maximum absolute atomic E-state index is 12.1. The molecule has 1 aromatic carbocycles. The van der Waals surface area contributed by atoms with Crippen LogP contribution in [0.2, 0.25) is 0 Å². The Kier molecular flexibility index (Phi) is 4.52. The highest BCUT2D eigenvalue weighted by Gasteiger charge is 2.22. The van der Waals surface area contributed by atoms with Gasteiger partial charge in [0, 0.05) is 28.5 Å². The van der Waals surface area contributed by atoms with E-state index in [1.165, 1.54) is 0 Å². The molecular weight excluding hydrogens is 384 g/mol. The van der Waals surface area contributed by atoms with Crippen molar-refractivity contribution in [2.45, 2.75) is 26.0 Å². The van der Waals surface area contributed by atoms with Crippen LogP contribution in [-0.2, 0) is 10.0 Å². The van der Waals surface area contributed by atoms with E-state index in [2.05, 4.69) is 15.8 Å². The topological polar surface area (TPSA) is 87.8 Å². The highest BCUT2D eigenvalue weighted by molar-refractivity contribution is 7.93. The normalized spacial score (nSPS) is 13.3. The second-order valence-electron chi connectivity index (χ2n) is 7.28. The Morgan fingerprint density at radius 2 is 1.90 bits per heavy atom. The Bertz CT molecular complexity index is 1320. The van der Waals surface area contributed by atoms with Crippen molar-refractivity contribution in [1.82, 2.24) is 9.55 Å². The van der Waals surface area contributed by atoms with Crippen molar-refractivity contribution in [3.63, 3.8) is 0 Å². The van der Waals surface area contributed by atoms with Crippen LogP contribution in [0.1, 0.15) is 25.0 Å². The second kappa shape index (κ2) is 6.90. The molecule has 0 fully saturated rings. The highest BCUT2D eigenvalue weighted by atomic mass is 32.2. The van der Waals surface area contributed by atoms with Gasteiger partial charge in [-0.05, 0) is 56.7 Å². The summed E-state index contributed by atoms with van der Waals surface area (Å²) in [6, 6.07) is 11.4. The molecule has 2 heterocycles. The van der Waals surface area contributed by atoms with Crippen LogP contribution in [0.25, 0.3) is 28.0 Å². The Morgan fingerprint density at radius 3 is 2.45 bits per heavy atom. The number of rotatable bonds is 5. The van der Waals surface area contributed by atoms with Crippen LogP contribution < -0.4 is 4.72 Å². The fourth-order valence-corrected chi connectivity index (χ4v) is 3.92. The summed E-state index contributed by atoms with van der Waals surface area (Å²) in [4.78, 5) is 4.57. The van der Waals surface area contributed by atoms with Gasteiger partial charge < -0.3 is 0 Å². The Hall–Kier alpha value is -3.37. The van der Waals surface area contributed by atoms with Gasteiger partial charge in [-0.25, -0.2) is 13.4 Å². The first-order valence-electron chi connectivity index (χ1n) is 9.24. The smallest absolute Gasteiger partial charge is 0.235 e. The minimum absolute atomic E-state index is 0.486. The van der Waals surface area contributed by atoms with Crippen molar-refractivity contribution in [3.05, 3.63) is 65.9 Å². The maximum atomic E-state index is 12.1. The maximum Gasteiger partial charge on any atom is 0.235 e. The first kappa shape index (κ1) is 19.0. The quantitative estimate of drug-likeness (QED) is 0.681. The Morgan fingerprint density at radius 1 is 1.21 bits per heavy atom. The van der Waals surface area contributed by atoms with Crippen molar-refractivity contribution < 1.29 is 8.42 Å². The van der Waals surface area contributed by atoms with Crippen molar-refractivity contribution >= 4 is 32.4 Å². The number of nitrogens with one attached hydrogen (secondary N) is 1. The van der Waals surface area contributed by atoms with Crippen LogP contribution in [-0.4, -0.2) is 23.2 Å². The first-order valence-corrected chi connectivity index (χ1v) is 10.8. The second-order valence-corrected chi connectivity index (χ2v) is 9.52. The highest BCUT2D eigenvalue weighted by Crippen LogP contribution is 2.37. The van der Waals surface area contributed by atoms with E-state index in [1.54, 1.807) is 32.2 Å². The number of allylic oxidation sites excluding steroid dienone is 4.